The van der Waals surface area contributed by atoms with Crippen molar-refractivity contribution < 1.29 is 18.8 Å². The number of aryl methyl sites for hydroxylation is 1. The number of Topliss-reactive ketones (excluding diaryl/α,β-unsaturated/α-hetero) is 2. The van der Waals surface area contributed by atoms with Gasteiger partial charge in [0.25, 0.3) is 5.91 Å². The average Bonchev–Trinajstić information content (AvgIpc) is 3.04. The second-order valence-electron chi connectivity index (χ2n) is 7.71. The Hall–Kier alpha value is -3.60. The SMILES string of the molecule is O=C(CCc1ccccc1)C1C(=O)C(=O)N(Cc2ccccc2)C1c1cccc(F)c1. The number of ketones is 2. The van der Waals surface area contributed by atoms with Gasteiger partial charge in [-0.05, 0) is 35.2 Å². The van der Waals surface area contributed by atoms with Gasteiger partial charge in [-0.15, -0.1) is 0 Å². The third-order valence-corrected chi connectivity index (χ3v) is 5.64. The van der Waals surface area contributed by atoms with Crippen LogP contribution < -0.4 is 0 Å². The molecule has 0 spiro atoms. The van der Waals surface area contributed by atoms with Crippen molar-refractivity contribution in [2.24, 2.45) is 5.92 Å². The first-order chi connectivity index (χ1) is 15.0. The Morgan fingerprint density at radius 1 is 0.839 bits per heavy atom. The summed E-state index contributed by atoms with van der Waals surface area (Å²) < 4.78 is 14.0. The van der Waals surface area contributed by atoms with Gasteiger partial charge >= 0.3 is 0 Å². The molecule has 0 bridgehead atoms. The zero-order valence-corrected chi connectivity index (χ0v) is 16.9. The van der Waals surface area contributed by atoms with E-state index in [1.54, 1.807) is 6.07 Å². The lowest BCUT2D eigenvalue weighted by Gasteiger charge is -2.27. The molecule has 0 aromatic heterocycles. The molecule has 2 unspecified atom stereocenters. The van der Waals surface area contributed by atoms with Crippen molar-refractivity contribution in [3.05, 3.63) is 107 Å². The number of carbonyl (C=O) groups excluding carboxylic acids is 3. The fraction of sp³-hybridized carbons (Fsp3) is 0.192. The largest absolute Gasteiger partial charge is 0.324 e. The summed E-state index contributed by atoms with van der Waals surface area (Å²) in [7, 11) is 0. The number of hydrogen-bond donors (Lipinski definition) is 0. The smallest absolute Gasteiger partial charge is 0.291 e. The van der Waals surface area contributed by atoms with Gasteiger partial charge in [0, 0.05) is 13.0 Å². The van der Waals surface area contributed by atoms with E-state index in [1.807, 2.05) is 60.7 Å². The molecule has 156 valence electrons. The van der Waals surface area contributed by atoms with Gasteiger partial charge in [0.05, 0.1) is 6.04 Å². The van der Waals surface area contributed by atoms with Crippen molar-refractivity contribution in [3.63, 3.8) is 0 Å². The second-order valence-corrected chi connectivity index (χ2v) is 7.71. The summed E-state index contributed by atoms with van der Waals surface area (Å²) >= 11 is 0. The number of hydrogen-bond acceptors (Lipinski definition) is 3. The highest BCUT2D eigenvalue weighted by molar-refractivity contribution is 6.43. The first-order valence-electron chi connectivity index (χ1n) is 10.3. The molecule has 0 N–H and O–H groups in total. The molecule has 3 aromatic carbocycles. The van der Waals surface area contributed by atoms with E-state index < -0.39 is 29.5 Å². The van der Waals surface area contributed by atoms with Crippen molar-refractivity contribution in [1.29, 1.82) is 0 Å². The Labute approximate surface area is 180 Å². The Bertz CT molecular complexity index is 1100. The maximum Gasteiger partial charge on any atom is 0.291 e. The van der Waals surface area contributed by atoms with Crippen LogP contribution in [0.2, 0.25) is 0 Å². The molecule has 4 rings (SSSR count). The monoisotopic (exact) mass is 415 g/mol. The van der Waals surface area contributed by atoms with E-state index in [9.17, 15) is 18.8 Å². The van der Waals surface area contributed by atoms with E-state index in [0.717, 1.165) is 11.1 Å². The molecular weight excluding hydrogens is 393 g/mol. The average molecular weight is 415 g/mol. The normalized spacial score (nSPS) is 18.4. The Kier molecular flexibility index (Phi) is 6.03. The van der Waals surface area contributed by atoms with Crippen molar-refractivity contribution in [2.45, 2.75) is 25.4 Å². The standard InChI is InChI=1S/C26H22FNO3/c27-21-13-7-12-20(16-21)24-23(22(29)15-14-18-8-3-1-4-9-18)25(30)26(31)28(24)17-19-10-5-2-6-11-19/h1-13,16,23-24H,14-15,17H2. The molecule has 1 fully saturated rings. The Balaban J connectivity index is 1.65. The van der Waals surface area contributed by atoms with E-state index in [-0.39, 0.29) is 18.7 Å². The molecular formula is C26H22FNO3. The zero-order valence-electron chi connectivity index (χ0n) is 16.9. The lowest BCUT2D eigenvalue weighted by Crippen LogP contribution is -2.30. The molecule has 2 atom stereocenters. The minimum Gasteiger partial charge on any atom is -0.324 e. The lowest BCUT2D eigenvalue weighted by atomic mass is 9.87. The first-order valence-corrected chi connectivity index (χ1v) is 10.3. The van der Waals surface area contributed by atoms with Crippen LogP contribution in [0.5, 0.6) is 0 Å². The molecule has 31 heavy (non-hydrogen) atoms. The van der Waals surface area contributed by atoms with E-state index in [0.29, 0.717) is 12.0 Å². The van der Waals surface area contributed by atoms with E-state index in [1.165, 1.54) is 23.1 Å². The minimum atomic E-state index is -1.14. The number of carbonyl (C=O) groups is 3. The highest BCUT2D eigenvalue weighted by Gasteiger charge is 2.51. The third kappa shape index (κ3) is 4.45. The summed E-state index contributed by atoms with van der Waals surface area (Å²) in [6.07, 6.45) is 0.616. The third-order valence-electron chi connectivity index (χ3n) is 5.64. The summed E-state index contributed by atoms with van der Waals surface area (Å²) in [5, 5.41) is 0. The maximum atomic E-state index is 14.0. The van der Waals surface area contributed by atoms with E-state index in [2.05, 4.69) is 0 Å². The second kappa shape index (κ2) is 9.04. The number of likely N-dealkylation sites (tertiary alicyclic amines) is 1. The van der Waals surface area contributed by atoms with Gasteiger partial charge in [-0.3, -0.25) is 14.4 Å². The van der Waals surface area contributed by atoms with Gasteiger partial charge in [-0.2, -0.15) is 0 Å². The fourth-order valence-corrected chi connectivity index (χ4v) is 4.13. The Morgan fingerprint density at radius 3 is 2.13 bits per heavy atom. The molecule has 0 aliphatic carbocycles. The number of benzene rings is 3. The molecule has 1 amide bonds. The summed E-state index contributed by atoms with van der Waals surface area (Å²) in [4.78, 5) is 40.4. The van der Waals surface area contributed by atoms with Crippen LogP contribution in [0.1, 0.15) is 29.2 Å². The van der Waals surface area contributed by atoms with Crippen LogP contribution in [0.3, 0.4) is 0 Å². The molecule has 1 saturated heterocycles. The van der Waals surface area contributed by atoms with Crippen LogP contribution in [-0.2, 0) is 27.3 Å². The van der Waals surface area contributed by atoms with Gasteiger partial charge in [0.2, 0.25) is 5.78 Å². The van der Waals surface area contributed by atoms with Gasteiger partial charge in [-0.25, -0.2) is 4.39 Å². The number of nitrogens with zero attached hydrogens (tertiary/aromatic N) is 1. The van der Waals surface area contributed by atoms with E-state index >= 15 is 0 Å². The van der Waals surface area contributed by atoms with Gasteiger partial charge in [0.15, 0.2) is 0 Å². The number of halogens is 1. The number of rotatable bonds is 7. The summed E-state index contributed by atoms with van der Waals surface area (Å²) in [5.41, 5.74) is 2.27. The minimum absolute atomic E-state index is 0.138. The van der Waals surface area contributed by atoms with Gasteiger partial charge in [-0.1, -0.05) is 72.8 Å². The van der Waals surface area contributed by atoms with Crippen molar-refractivity contribution in [2.75, 3.05) is 0 Å². The molecule has 1 heterocycles. The van der Waals surface area contributed by atoms with Crippen LogP contribution in [0.15, 0.2) is 84.9 Å². The van der Waals surface area contributed by atoms with Gasteiger partial charge < -0.3 is 4.90 Å². The fourth-order valence-electron chi connectivity index (χ4n) is 4.13. The molecule has 3 aromatic rings. The highest BCUT2D eigenvalue weighted by atomic mass is 19.1. The summed E-state index contributed by atoms with van der Waals surface area (Å²) in [6.45, 7) is 0.176. The first kappa shape index (κ1) is 20.7. The molecule has 1 aliphatic heterocycles. The van der Waals surface area contributed by atoms with Crippen LogP contribution in [0.25, 0.3) is 0 Å². The summed E-state index contributed by atoms with van der Waals surface area (Å²) in [5.74, 6) is -3.33. The van der Waals surface area contributed by atoms with Crippen molar-refractivity contribution in [1.82, 2.24) is 4.90 Å². The summed E-state index contributed by atoms with van der Waals surface area (Å²) in [6, 6.07) is 23.7. The predicted octanol–water partition coefficient (Wildman–Crippen LogP) is 4.30. The Morgan fingerprint density at radius 2 is 1.48 bits per heavy atom. The maximum absolute atomic E-state index is 14.0. The van der Waals surface area contributed by atoms with Crippen LogP contribution in [0.4, 0.5) is 4.39 Å². The predicted molar refractivity (Wildman–Crippen MR) is 114 cm³/mol. The number of amides is 1. The lowest BCUT2D eigenvalue weighted by molar-refractivity contribution is -0.142. The van der Waals surface area contributed by atoms with E-state index in [4.69, 9.17) is 0 Å². The molecule has 1 aliphatic rings. The molecule has 4 nitrogen and oxygen atoms in total. The van der Waals surface area contributed by atoms with Crippen molar-refractivity contribution >= 4 is 17.5 Å². The van der Waals surface area contributed by atoms with Crippen LogP contribution in [0, 0.1) is 11.7 Å². The van der Waals surface area contributed by atoms with Crippen molar-refractivity contribution in [3.8, 4) is 0 Å². The quantitative estimate of drug-likeness (QED) is 0.427. The molecule has 0 radical (unpaired) electrons. The van der Waals surface area contributed by atoms with Crippen LogP contribution in [-0.4, -0.2) is 22.4 Å². The zero-order chi connectivity index (χ0) is 21.8. The molecule has 0 saturated carbocycles. The van der Waals surface area contributed by atoms with Crippen LogP contribution >= 0.6 is 0 Å². The topological polar surface area (TPSA) is 54.5 Å². The molecule has 5 heteroatoms. The highest BCUT2D eigenvalue weighted by Crippen LogP contribution is 2.38. The van der Waals surface area contributed by atoms with Gasteiger partial charge in [0.1, 0.15) is 17.5 Å².